The molecule has 0 unspecified atom stereocenters. The third kappa shape index (κ3) is 3.40. The highest BCUT2D eigenvalue weighted by Crippen LogP contribution is 2.51. The van der Waals surface area contributed by atoms with Gasteiger partial charge in [-0.05, 0) is 53.0 Å². The molecule has 0 bridgehead atoms. The molecule has 150 valence electrons. The molecule has 2 aliphatic heterocycles. The molecule has 2 heterocycles. The minimum atomic E-state index is -0.174. The highest BCUT2D eigenvalue weighted by molar-refractivity contribution is 5.70. The van der Waals surface area contributed by atoms with Gasteiger partial charge in [-0.25, -0.2) is 4.39 Å². The minimum Gasteiger partial charge on any atom is -0.468 e. The lowest BCUT2D eigenvalue weighted by atomic mass is 9.79. The first-order chi connectivity index (χ1) is 13.0. The van der Waals surface area contributed by atoms with Crippen molar-refractivity contribution in [2.45, 2.75) is 83.9 Å². The summed E-state index contributed by atoms with van der Waals surface area (Å²) in [5.74, 6) is 0.891. The van der Waals surface area contributed by atoms with Gasteiger partial charge in [0.2, 0.25) is 0 Å². The number of hydrogen-bond acceptors (Lipinski definition) is 2. The van der Waals surface area contributed by atoms with Crippen LogP contribution in [0.25, 0.3) is 0 Å². The summed E-state index contributed by atoms with van der Waals surface area (Å²) in [7, 11) is 0. The number of ether oxygens (including phenoxy) is 1. The molecule has 2 nitrogen and oxygen atoms in total. The van der Waals surface area contributed by atoms with Crippen LogP contribution < -0.4 is 9.64 Å². The van der Waals surface area contributed by atoms with E-state index in [0.29, 0.717) is 6.04 Å². The Bertz CT molecular complexity index is 873. The maximum atomic E-state index is 13.3. The fraction of sp³-hybridized carbons (Fsp3) is 0.520. The van der Waals surface area contributed by atoms with Crippen LogP contribution in [0.4, 0.5) is 10.1 Å². The Morgan fingerprint density at radius 1 is 0.964 bits per heavy atom. The third-order valence-electron chi connectivity index (χ3n) is 6.11. The van der Waals surface area contributed by atoms with E-state index in [1.165, 1.54) is 22.4 Å². The highest BCUT2D eigenvalue weighted by atomic mass is 19.1. The van der Waals surface area contributed by atoms with Gasteiger partial charge in [-0.2, -0.15) is 0 Å². The quantitative estimate of drug-likeness (QED) is 0.601. The number of fused-ring (bicyclic) bond motifs is 3. The maximum absolute atomic E-state index is 13.3. The van der Waals surface area contributed by atoms with Crippen molar-refractivity contribution in [3.05, 3.63) is 58.9 Å². The van der Waals surface area contributed by atoms with Gasteiger partial charge in [0.05, 0.1) is 5.69 Å². The summed E-state index contributed by atoms with van der Waals surface area (Å²) in [5.41, 5.74) is 5.19. The smallest absolute Gasteiger partial charge is 0.172 e. The topological polar surface area (TPSA) is 12.5 Å². The van der Waals surface area contributed by atoms with Crippen LogP contribution in [0.2, 0.25) is 0 Å². The molecule has 0 radical (unpaired) electrons. The number of halogens is 1. The zero-order chi connectivity index (χ0) is 20.3. The minimum absolute atomic E-state index is 0.0254. The SMILES string of the molecule is CC(C)(C)c1cc2c(c(C(C)(C)C)c1)O[C@@H]1CC[C@@H](Cc3ccc(F)cc3)N21. The Hall–Kier alpha value is -2.03. The molecule has 0 amide bonds. The van der Waals surface area contributed by atoms with Crippen molar-refractivity contribution in [2.75, 3.05) is 4.90 Å². The first kappa shape index (κ1) is 19.3. The van der Waals surface area contributed by atoms with Crippen molar-refractivity contribution >= 4 is 5.69 Å². The number of benzene rings is 2. The Kier molecular flexibility index (Phi) is 4.48. The van der Waals surface area contributed by atoms with E-state index >= 15 is 0 Å². The van der Waals surface area contributed by atoms with Crippen LogP contribution in [0, 0.1) is 5.82 Å². The molecule has 2 aliphatic rings. The second-order valence-electron chi connectivity index (χ2n) is 10.4. The third-order valence-corrected chi connectivity index (χ3v) is 6.11. The molecule has 0 spiro atoms. The molecule has 0 N–H and O–H groups in total. The van der Waals surface area contributed by atoms with Gasteiger partial charge in [-0.1, -0.05) is 59.7 Å². The predicted molar refractivity (Wildman–Crippen MR) is 114 cm³/mol. The Balaban J connectivity index is 1.75. The standard InChI is InChI=1S/C25H32FNO/c1-24(2,3)17-14-20(25(4,5)6)23-21(15-17)27-19(11-12-22(27)28-23)13-16-7-9-18(26)10-8-16/h7-10,14-15,19,22H,11-13H2,1-6H3/t19-,22+/m0/s1. The van der Waals surface area contributed by atoms with E-state index in [1.54, 1.807) is 12.1 Å². The van der Waals surface area contributed by atoms with Crippen LogP contribution in [0.5, 0.6) is 5.75 Å². The van der Waals surface area contributed by atoms with E-state index in [9.17, 15) is 4.39 Å². The molecule has 2 atom stereocenters. The zero-order valence-corrected chi connectivity index (χ0v) is 18.0. The van der Waals surface area contributed by atoms with Crippen LogP contribution in [0.3, 0.4) is 0 Å². The summed E-state index contributed by atoms with van der Waals surface area (Å²) in [5, 5.41) is 0. The summed E-state index contributed by atoms with van der Waals surface area (Å²) < 4.78 is 19.8. The molecule has 2 aromatic rings. The van der Waals surface area contributed by atoms with Gasteiger partial charge >= 0.3 is 0 Å². The molecule has 4 rings (SSSR count). The second-order valence-corrected chi connectivity index (χ2v) is 10.4. The summed E-state index contributed by atoms with van der Waals surface area (Å²) in [6.45, 7) is 13.6. The monoisotopic (exact) mass is 381 g/mol. The molecule has 0 aliphatic carbocycles. The van der Waals surface area contributed by atoms with Gasteiger partial charge in [0.15, 0.2) is 6.23 Å². The van der Waals surface area contributed by atoms with Crippen molar-refractivity contribution < 1.29 is 9.13 Å². The summed E-state index contributed by atoms with van der Waals surface area (Å²) >= 11 is 0. The Labute approximate surface area is 168 Å². The number of hydrogen-bond donors (Lipinski definition) is 0. The van der Waals surface area contributed by atoms with E-state index in [1.807, 2.05) is 12.1 Å². The molecule has 1 fully saturated rings. The van der Waals surface area contributed by atoms with E-state index in [2.05, 4.69) is 58.6 Å². The number of anilines is 1. The van der Waals surface area contributed by atoms with Crippen LogP contribution >= 0.6 is 0 Å². The van der Waals surface area contributed by atoms with Gasteiger partial charge in [0, 0.05) is 18.0 Å². The lowest BCUT2D eigenvalue weighted by Crippen LogP contribution is -2.36. The van der Waals surface area contributed by atoms with Gasteiger partial charge in [0.1, 0.15) is 11.6 Å². The van der Waals surface area contributed by atoms with Gasteiger partial charge in [-0.15, -0.1) is 0 Å². The van der Waals surface area contributed by atoms with Crippen molar-refractivity contribution in [3.8, 4) is 5.75 Å². The zero-order valence-electron chi connectivity index (χ0n) is 18.0. The van der Waals surface area contributed by atoms with Crippen LogP contribution in [0.15, 0.2) is 36.4 Å². The van der Waals surface area contributed by atoms with Crippen molar-refractivity contribution in [1.82, 2.24) is 0 Å². The highest BCUT2D eigenvalue weighted by Gasteiger charge is 2.43. The lowest BCUT2D eigenvalue weighted by molar-refractivity contribution is 0.233. The van der Waals surface area contributed by atoms with Crippen molar-refractivity contribution in [3.63, 3.8) is 0 Å². The normalized spacial score (nSPS) is 21.5. The van der Waals surface area contributed by atoms with E-state index in [4.69, 9.17) is 4.74 Å². The molecule has 28 heavy (non-hydrogen) atoms. The van der Waals surface area contributed by atoms with E-state index in [-0.39, 0.29) is 22.9 Å². The molecule has 2 aromatic carbocycles. The average molecular weight is 382 g/mol. The van der Waals surface area contributed by atoms with Gasteiger partial charge < -0.3 is 9.64 Å². The van der Waals surface area contributed by atoms with Gasteiger partial charge in [0.25, 0.3) is 0 Å². The summed E-state index contributed by atoms with van der Waals surface area (Å²) in [4.78, 5) is 2.49. The first-order valence-electron chi connectivity index (χ1n) is 10.4. The molecule has 0 saturated carbocycles. The number of nitrogens with zero attached hydrogens (tertiary/aromatic N) is 1. The fourth-order valence-electron chi connectivity index (χ4n) is 4.46. The fourth-order valence-corrected chi connectivity index (χ4v) is 4.46. The van der Waals surface area contributed by atoms with Gasteiger partial charge in [-0.3, -0.25) is 0 Å². The van der Waals surface area contributed by atoms with Crippen molar-refractivity contribution in [1.29, 1.82) is 0 Å². The largest absolute Gasteiger partial charge is 0.468 e. The molecule has 0 aromatic heterocycles. The average Bonchev–Trinajstić information content (AvgIpc) is 3.14. The van der Waals surface area contributed by atoms with E-state index in [0.717, 1.165) is 25.0 Å². The van der Waals surface area contributed by atoms with Crippen molar-refractivity contribution in [2.24, 2.45) is 0 Å². The lowest BCUT2D eigenvalue weighted by Gasteiger charge is -2.29. The Morgan fingerprint density at radius 3 is 2.25 bits per heavy atom. The summed E-state index contributed by atoms with van der Waals surface area (Å²) in [6.07, 6.45) is 3.18. The predicted octanol–water partition coefficient (Wildman–Crippen LogP) is 6.35. The molecular formula is C25H32FNO. The molecule has 3 heteroatoms. The van der Waals surface area contributed by atoms with Crippen LogP contribution in [-0.2, 0) is 17.3 Å². The molecular weight excluding hydrogens is 349 g/mol. The van der Waals surface area contributed by atoms with E-state index < -0.39 is 0 Å². The maximum Gasteiger partial charge on any atom is 0.172 e. The van der Waals surface area contributed by atoms with Crippen LogP contribution in [-0.4, -0.2) is 12.3 Å². The first-order valence-corrected chi connectivity index (χ1v) is 10.4. The second kappa shape index (κ2) is 6.50. The Morgan fingerprint density at radius 2 is 1.64 bits per heavy atom. The summed E-state index contributed by atoms with van der Waals surface area (Å²) in [6, 6.07) is 12.0. The van der Waals surface area contributed by atoms with Crippen LogP contribution in [0.1, 0.15) is 71.1 Å². The number of rotatable bonds is 2. The molecule has 1 saturated heterocycles.